The molecule has 15 heavy (non-hydrogen) atoms. The Balaban J connectivity index is 2.14. The minimum absolute atomic E-state index is 0.101. The van der Waals surface area contributed by atoms with Gasteiger partial charge in [-0.1, -0.05) is 11.8 Å². The van der Waals surface area contributed by atoms with Gasteiger partial charge in [0.05, 0.1) is 0 Å². The molecule has 0 bridgehead atoms. The van der Waals surface area contributed by atoms with Crippen molar-refractivity contribution in [2.45, 2.75) is 11.6 Å². The minimum Gasteiger partial charge on any atom is -0.287 e. The number of carbonyl (C=O) groups excluding carboxylic acids is 1. The molecule has 0 N–H and O–H groups in total. The van der Waals surface area contributed by atoms with Crippen LogP contribution in [0.15, 0.2) is 5.16 Å². The summed E-state index contributed by atoms with van der Waals surface area (Å²) in [6, 6.07) is 0. The lowest BCUT2D eigenvalue weighted by molar-refractivity contribution is -0.117. The van der Waals surface area contributed by atoms with Gasteiger partial charge in [0.25, 0.3) is 0 Å². The monoisotopic (exact) mass is 263 g/mol. The number of thioether (sulfide) groups is 1. The molecule has 1 fully saturated rings. The van der Waals surface area contributed by atoms with E-state index in [4.69, 9.17) is 11.6 Å². The Bertz CT molecular complexity index is 371. The first-order chi connectivity index (χ1) is 7.24. The predicted molar refractivity (Wildman–Crippen MR) is 62.9 cm³/mol. The van der Waals surface area contributed by atoms with Crippen molar-refractivity contribution in [1.82, 2.24) is 9.36 Å². The van der Waals surface area contributed by atoms with Gasteiger partial charge >= 0.3 is 0 Å². The Morgan fingerprint density at radius 1 is 1.73 bits per heavy atom. The average Bonchev–Trinajstić information content (AvgIpc) is 2.83. The fourth-order valence-electron chi connectivity index (χ4n) is 1.46. The number of alkyl halides is 1. The van der Waals surface area contributed by atoms with Gasteiger partial charge in [0.2, 0.25) is 16.2 Å². The predicted octanol–water partition coefficient (Wildman–Crippen LogP) is 1.85. The fraction of sp³-hybridized carbons (Fsp3) is 0.625. The number of hydrogen-bond acceptors (Lipinski definition) is 5. The van der Waals surface area contributed by atoms with E-state index in [1.165, 1.54) is 23.3 Å². The Hall–Kier alpha value is -0.330. The molecule has 1 aliphatic rings. The van der Waals surface area contributed by atoms with E-state index in [0.717, 1.165) is 5.16 Å². The van der Waals surface area contributed by atoms with Gasteiger partial charge in [0.1, 0.15) is 0 Å². The van der Waals surface area contributed by atoms with Crippen molar-refractivity contribution in [3.05, 3.63) is 0 Å². The maximum atomic E-state index is 11.6. The summed E-state index contributed by atoms with van der Waals surface area (Å²) >= 11 is 8.49. The van der Waals surface area contributed by atoms with Gasteiger partial charge in [0.15, 0.2) is 0 Å². The van der Waals surface area contributed by atoms with Crippen molar-refractivity contribution in [1.29, 1.82) is 0 Å². The summed E-state index contributed by atoms with van der Waals surface area (Å²) in [6.45, 7) is 0.672. The van der Waals surface area contributed by atoms with Crippen LogP contribution in [0.2, 0.25) is 0 Å². The van der Waals surface area contributed by atoms with Crippen LogP contribution in [0.5, 0.6) is 0 Å². The van der Waals surface area contributed by atoms with Crippen LogP contribution >= 0.6 is 34.9 Å². The highest BCUT2D eigenvalue weighted by atomic mass is 35.5. The average molecular weight is 264 g/mol. The molecule has 2 heterocycles. The van der Waals surface area contributed by atoms with E-state index in [-0.39, 0.29) is 11.8 Å². The summed E-state index contributed by atoms with van der Waals surface area (Å²) in [6.07, 6.45) is 2.44. The molecule has 1 aliphatic heterocycles. The summed E-state index contributed by atoms with van der Waals surface area (Å²) in [4.78, 5) is 17.6. The Kier molecular flexibility index (Phi) is 3.48. The quantitative estimate of drug-likeness (QED) is 0.617. The third-order valence-electron chi connectivity index (χ3n) is 2.23. The standard InChI is InChI=1S/C8H10ClN3OS2/c1-14-7-10-8(15-11-7)12-4-5(3-9)2-6(12)13/h5H,2-4H2,1H3. The highest BCUT2D eigenvalue weighted by Crippen LogP contribution is 2.28. The van der Waals surface area contributed by atoms with Crippen molar-refractivity contribution in [2.75, 3.05) is 23.6 Å². The van der Waals surface area contributed by atoms with Crippen LogP contribution in [0, 0.1) is 5.92 Å². The van der Waals surface area contributed by atoms with Crippen LogP contribution in [-0.4, -0.2) is 33.9 Å². The van der Waals surface area contributed by atoms with Gasteiger partial charge in [-0.25, -0.2) is 0 Å². The zero-order valence-corrected chi connectivity index (χ0v) is 10.5. The highest BCUT2D eigenvalue weighted by molar-refractivity contribution is 7.98. The van der Waals surface area contributed by atoms with Crippen LogP contribution in [-0.2, 0) is 4.79 Å². The molecule has 82 valence electrons. The molecule has 1 unspecified atom stereocenters. The van der Waals surface area contributed by atoms with E-state index in [9.17, 15) is 4.79 Å². The van der Waals surface area contributed by atoms with Gasteiger partial charge < -0.3 is 0 Å². The van der Waals surface area contributed by atoms with Gasteiger partial charge in [0, 0.05) is 30.4 Å². The molecule has 0 saturated carbocycles. The second-order valence-corrected chi connectivity index (χ2v) is 5.10. The topological polar surface area (TPSA) is 46.1 Å². The van der Waals surface area contributed by atoms with E-state index in [1.54, 1.807) is 4.90 Å². The first-order valence-electron chi connectivity index (χ1n) is 4.48. The number of hydrogen-bond donors (Lipinski definition) is 0. The van der Waals surface area contributed by atoms with Crippen molar-refractivity contribution in [2.24, 2.45) is 5.92 Å². The van der Waals surface area contributed by atoms with Gasteiger partial charge in [-0.15, -0.1) is 11.6 Å². The van der Waals surface area contributed by atoms with Gasteiger partial charge in [-0.2, -0.15) is 9.36 Å². The lowest BCUT2D eigenvalue weighted by atomic mass is 10.2. The molecule has 1 amide bonds. The van der Waals surface area contributed by atoms with E-state index in [1.807, 2.05) is 6.26 Å². The third-order valence-corrected chi connectivity index (χ3v) is 4.07. The number of halogens is 1. The van der Waals surface area contributed by atoms with Crippen molar-refractivity contribution >= 4 is 45.9 Å². The largest absolute Gasteiger partial charge is 0.287 e. The summed E-state index contributed by atoms with van der Waals surface area (Å²) < 4.78 is 4.13. The number of aromatic nitrogens is 2. The number of nitrogens with zero attached hydrogens (tertiary/aromatic N) is 3. The molecular formula is C8H10ClN3OS2. The van der Waals surface area contributed by atoms with Crippen molar-refractivity contribution in [3.8, 4) is 0 Å². The van der Waals surface area contributed by atoms with Crippen LogP contribution in [0.1, 0.15) is 6.42 Å². The fourth-order valence-corrected chi connectivity index (χ4v) is 2.92. The summed E-state index contributed by atoms with van der Waals surface area (Å²) in [7, 11) is 0. The normalized spacial score (nSPS) is 21.3. The van der Waals surface area contributed by atoms with Crippen LogP contribution in [0.4, 0.5) is 5.13 Å². The molecule has 7 heteroatoms. The van der Waals surface area contributed by atoms with Crippen LogP contribution in [0.25, 0.3) is 0 Å². The van der Waals surface area contributed by atoms with E-state index in [0.29, 0.717) is 24.0 Å². The van der Waals surface area contributed by atoms with Gasteiger partial charge in [-0.05, 0) is 12.2 Å². The molecule has 0 aliphatic carbocycles. The Morgan fingerprint density at radius 2 is 2.53 bits per heavy atom. The molecule has 4 nitrogen and oxygen atoms in total. The van der Waals surface area contributed by atoms with E-state index >= 15 is 0 Å². The smallest absolute Gasteiger partial charge is 0.229 e. The maximum Gasteiger partial charge on any atom is 0.229 e. The molecule has 0 aromatic carbocycles. The molecule has 0 radical (unpaired) electrons. The second kappa shape index (κ2) is 4.67. The van der Waals surface area contributed by atoms with Crippen molar-refractivity contribution < 1.29 is 4.79 Å². The first-order valence-corrected chi connectivity index (χ1v) is 7.02. The molecule has 1 aromatic rings. The number of anilines is 1. The van der Waals surface area contributed by atoms with Crippen LogP contribution in [0.3, 0.4) is 0 Å². The molecule has 1 aromatic heterocycles. The summed E-state index contributed by atoms with van der Waals surface area (Å²) in [5.41, 5.74) is 0. The van der Waals surface area contributed by atoms with Gasteiger partial charge in [-0.3, -0.25) is 9.69 Å². The maximum absolute atomic E-state index is 11.6. The Labute approximate surface area is 101 Å². The lowest BCUT2D eigenvalue weighted by Gasteiger charge is -2.10. The van der Waals surface area contributed by atoms with E-state index in [2.05, 4.69) is 9.36 Å². The number of rotatable bonds is 3. The SMILES string of the molecule is CSc1nsc(N2CC(CCl)CC2=O)n1. The second-order valence-electron chi connectivity index (χ2n) is 3.29. The molecule has 0 spiro atoms. The van der Waals surface area contributed by atoms with Crippen molar-refractivity contribution in [3.63, 3.8) is 0 Å². The lowest BCUT2D eigenvalue weighted by Crippen LogP contribution is -2.24. The van der Waals surface area contributed by atoms with Crippen LogP contribution < -0.4 is 4.90 Å². The zero-order chi connectivity index (χ0) is 10.8. The first kappa shape index (κ1) is 11.2. The molecule has 2 rings (SSSR count). The molecule has 1 atom stereocenters. The zero-order valence-electron chi connectivity index (χ0n) is 8.14. The van der Waals surface area contributed by atoms with E-state index < -0.39 is 0 Å². The summed E-state index contributed by atoms with van der Waals surface area (Å²) in [5.74, 6) is 0.876. The third kappa shape index (κ3) is 2.26. The molecule has 1 saturated heterocycles. The highest BCUT2D eigenvalue weighted by Gasteiger charge is 2.31. The number of carbonyl (C=O) groups is 1. The molecular weight excluding hydrogens is 254 g/mol. The minimum atomic E-state index is 0.101. The summed E-state index contributed by atoms with van der Waals surface area (Å²) in [5, 5.41) is 1.41. The Morgan fingerprint density at radius 3 is 3.07 bits per heavy atom. The number of amides is 1.